The van der Waals surface area contributed by atoms with Crippen molar-refractivity contribution in [2.75, 3.05) is 41.3 Å². The highest BCUT2D eigenvalue weighted by atomic mass is 35.5. The maximum absolute atomic E-state index is 12.0. The molecule has 1 N–H and O–H groups in total. The van der Waals surface area contributed by atoms with Crippen LogP contribution in [0.4, 0.5) is 28.1 Å². The van der Waals surface area contributed by atoms with Gasteiger partial charge in [-0.15, -0.1) is 0 Å². The predicted octanol–water partition coefficient (Wildman–Crippen LogP) is 5.03. The van der Waals surface area contributed by atoms with Crippen LogP contribution >= 0.6 is 22.9 Å². The standard InChI is InChI=1S/C22H20ClN7O2S/c1-14-5-6-17-18(11-14)33-22(26-17)27-20-19(30(31)32)21(25-13-24-20)29-9-7-28(8-10-29)16-4-2-3-15(23)12-16/h2-6,11-13H,7-10H2,1H3,(H,24,25,26,27). The summed E-state index contributed by atoms with van der Waals surface area (Å²) in [7, 11) is 0. The van der Waals surface area contributed by atoms with Gasteiger partial charge in [0.15, 0.2) is 5.13 Å². The van der Waals surface area contributed by atoms with E-state index in [1.807, 2.05) is 54.3 Å². The van der Waals surface area contributed by atoms with Gasteiger partial charge in [0, 0.05) is 36.9 Å². The zero-order chi connectivity index (χ0) is 22.9. The molecule has 1 aliphatic rings. The van der Waals surface area contributed by atoms with Crippen LogP contribution in [0.2, 0.25) is 5.02 Å². The molecular formula is C22H20ClN7O2S. The van der Waals surface area contributed by atoms with Gasteiger partial charge in [0.05, 0.1) is 15.1 Å². The molecule has 3 heterocycles. The molecule has 0 aliphatic carbocycles. The molecule has 11 heteroatoms. The maximum atomic E-state index is 12.0. The van der Waals surface area contributed by atoms with Gasteiger partial charge in [-0.25, -0.2) is 15.0 Å². The molecule has 0 bridgehead atoms. The Balaban J connectivity index is 1.39. The molecule has 0 saturated carbocycles. The number of thiazole rings is 1. The van der Waals surface area contributed by atoms with Gasteiger partial charge in [-0.2, -0.15) is 0 Å². The van der Waals surface area contributed by atoms with E-state index in [0.29, 0.717) is 42.2 Å². The monoisotopic (exact) mass is 481 g/mol. The molecule has 5 rings (SSSR count). The highest BCUT2D eigenvalue weighted by molar-refractivity contribution is 7.22. The number of halogens is 1. The minimum atomic E-state index is -0.432. The number of fused-ring (bicyclic) bond motifs is 1. The summed E-state index contributed by atoms with van der Waals surface area (Å²) in [4.78, 5) is 28.7. The second-order valence-corrected chi connectivity index (χ2v) is 9.19. The number of piperazine rings is 1. The first kappa shape index (κ1) is 21.4. The minimum absolute atomic E-state index is 0.137. The lowest BCUT2D eigenvalue weighted by Gasteiger charge is -2.36. The smallest absolute Gasteiger partial charge is 0.353 e. The number of nitro groups is 1. The van der Waals surface area contributed by atoms with E-state index >= 15 is 0 Å². The molecule has 2 aromatic heterocycles. The number of benzene rings is 2. The molecule has 168 valence electrons. The molecule has 9 nitrogen and oxygen atoms in total. The van der Waals surface area contributed by atoms with Crippen molar-refractivity contribution in [3.63, 3.8) is 0 Å². The number of anilines is 4. The van der Waals surface area contributed by atoms with E-state index in [1.165, 1.54) is 17.7 Å². The molecule has 0 radical (unpaired) electrons. The number of rotatable bonds is 5. The Hall–Kier alpha value is -3.50. The van der Waals surface area contributed by atoms with Crippen LogP contribution in [-0.4, -0.2) is 46.1 Å². The van der Waals surface area contributed by atoms with Crippen molar-refractivity contribution in [1.29, 1.82) is 0 Å². The first-order valence-corrected chi connectivity index (χ1v) is 11.6. The van der Waals surface area contributed by atoms with Crippen molar-refractivity contribution in [2.24, 2.45) is 0 Å². The first-order chi connectivity index (χ1) is 16.0. The Labute approximate surface area is 198 Å². The Morgan fingerprint density at radius 2 is 1.88 bits per heavy atom. The average Bonchev–Trinajstić information content (AvgIpc) is 3.20. The number of hydrogen-bond donors (Lipinski definition) is 1. The van der Waals surface area contributed by atoms with Crippen molar-refractivity contribution >= 4 is 61.3 Å². The van der Waals surface area contributed by atoms with E-state index in [-0.39, 0.29) is 11.5 Å². The summed E-state index contributed by atoms with van der Waals surface area (Å²) in [5, 5.41) is 16.3. The van der Waals surface area contributed by atoms with Crippen molar-refractivity contribution < 1.29 is 4.92 Å². The summed E-state index contributed by atoms with van der Waals surface area (Å²) in [5.74, 6) is 0.443. The van der Waals surface area contributed by atoms with Crippen LogP contribution < -0.4 is 15.1 Å². The van der Waals surface area contributed by atoms with Crippen LogP contribution in [0, 0.1) is 17.0 Å². The third-order valence-corrected chi connectivity index (χ3v) is 6.68. The summed E-state index contributed by atoms with van der Waals surface area (Å²) in [6.07, 6.45) is 1.35. The average molecular weight is 482 g/mol. The summed E-state index contributed by atoms with van der Waals surface area (Å²) in [6.45, 7) is 4.58. The van der Waals surface area contributed by atoms with E-state index in [9.17, 15) is 10.1 Å². The zero-order valence-electron chi connectivity index (χ0n) is 17.7. The van der Waals surface area contributed by atoms with E-state index < -0.39 is 4.92 Å². The van der Waals surface area contributed by atoms with Gasteiger partial charge < -0.3 is 15.1 Å². The van der Waals surface area contributed by atoms with Gasteiger partial charge in [0.1, 0.15) is 6.33 Å². The van der Waals surface area contributed by atoms with Gasteiger partial charge in [-0.05, 0) is 42.8 Å². The van der Waals surface area contributed by atoms with Crippen LogP contribution in [0.25, 0.3) is 10.2 Å². The summed E-state index contributed by atoms with van der Waals surface area (Å²) in [6, 6.07) is 13.7. The highest BCUT2D eigenvalue weighted by Gasteiger charge is 2.30. The molecule has 1 saturated heterocycles. The van der Waals surface area contributed by atoms with E-state index in [4.69, 9.17) is 11.6 Å². The number of nitrogens with zero attached hydrogens (tertiary/aromatic N) is 6. The number of nitrogens with one attached hydrogen (secondary N) is 1. The SMILES string of the molecule is Cc1ccc2nc(Nc3ncnc(N4CCN(c5cccc(Cl)c5)CC4)c3[N+](=O)[O-])sc2c1. The minimum Gasteiger partial charge on any atom is -0.368 e. The van der Waals surface area contributed by atoms with E-state index in [2.05, 4.69) is 25.2 Å². The molecule has 1 aliphatic heterocycles. The Morgan fingerprint density at radius 1 is 1.09 bits per heavy atom. The van der Waals surface area contributed by atoms with Gasteiger partial charge in [-0.3, -0.25) is 10.1 Å². The first-order valence-electron chi connectivity index (χ1n) is 10.4. The molecule has 0 atom stereocenters. The second-order valence-electron chi connectivity index (χ2n) is 7.72. The molecule has 0 amide bonds. The molecular weight excluding hydrogens is 462 g/mol. The molecule has 0 spiro atoms. The fourth-order valence-electron chi connectivity index (χ4n) is 3.90. The Morgan fingerprint density at radius 3 is 2.64 bits per heavy atom. The zero-order valence-corrected chi connectivity index (χ0v) is 19.3. The Bertz CT molecular complexity index is 1340. The quantitative estimate of drug-likeness (QED) is 0.313. The lowest BCUT2D eigenvalue weighted by molar-refractivity contribution is -0.383. The molecule has 33 heavy (non-hydrogen) atoms. The van der Waals surface area contributed by atoms with E-state index in [1.54, 1.807) is 0 Å². The largest absolute Gasteiger partial charge is 0.368 e. The molecule has 2 aromatic carbocycles. The molecule has 1 fully saturated rings. The summed E-state index contributed by atoms with van der Waals surface area (Å²) in [5.41, 5.74) is 2.85. The Kier molecular flexibility index (Phi) is 5.69. The number of hydrogen-bond acceptors (Lipinski definition) is 9. The maximum Gasteiger partial charge on any atom is 0.353 e. The number of aryl methyl sites for hydroxylation is 1. The van der Waals surface area contributed by atoms with Crippen LogP contribution in [0.5, 0.6) is 0 Å². The highest BCUT2D eigenvalue weighted by Crippen LogP contribution is 2.36. The fraction of sp³-hybridized carbons (Fsp3) is 0.227. The van der Waals surface area contributed by atoms with Crippen LogP contribution in [0.15, 0.2) is 48.8 Å². The van der Waals surface area contributed by atoms with Crippen molar-refractivity contribution in [1.82, 2.24) is 15.0 Å². The van der Waals surface area contributed by atoms with E-state index in [0.717, 1.165) is 21.5 Å². The number of aromatic nitrogens is 3. The van der Waals surface area contributed by atoms with Crippen LogP contribution in [0.3, 0.4) is 0 Å². The second kappa shape index (κ2) is 8.80. The van der Waals surface area contributed by atoms with Gasteiger partial charge in [-0.1, -0.05) is 35.1 Å². The van der Waals surface area contributed by atoms with Crippen molar-refractivity contribution in [2.45, 2.75) is 6.92 Å². The lowest BCUT2D eigenvalue weighted by Crippen LogP contribution is -2.47. The van der Waals surface area contributed by atoms with Crippen molar-refractivity contribution in [3.05, 3.63) is 69.5 Å². The fourth-order valence-corrected chi connectivity index (χ4v) is 5.04. The third kappa shape index (κ3) is 4.39. The third-order valence-electron chi connectivity index (χ3n) is 5.51. The molecule has 0 unspecified atom stereocenters. The lowest BCUT2D eigenvalue weighted by atomic mass is 10.2. The van der Waals surface area contributed by atoms with Crippen LogP contribution in [0.1, 0.15) is 5.56 Å². The van der Waals surface area contributed by atoms with Gasteiger partial charge in [0.2, 0.25) is 11.6 Å². The normalized spacial score (nSPS) is 14.0. The van der Waals surface area contributed by atoms with Crippen molar-refractivity contribution in [3.8, 4) is 0 Å². The van der Waals surface area contributed by atoms with Crippen LogP contribution in [-0.2, 0) is 0 Å². The summed E-state index contributed by atoms with van der Waals surface area (Å²) >= 11 is 7.55. The predicted molar refractivity (Wildman–Crippen MR) is 132 cm³/mol. The molecule has 4 aromatic rings. The topological polar surface area (TPSA) is 100 Å². The van der Waals surface area contributed by atoms with Gasteiger partial charge >= 0.3 is 5.69 Å². The summed E-state index contributed by atoms with van der Waals surface area (Å²) < 4.78 is 1.01. The van der Waals surface area contributed by atoms with Gasteiger partial charge in [0.25, 0.3) is 0 Å².